The summed E-state index contributed by atoms with van der Waals surface area (Å²) in [6, 6.07) is 9.98. The maximum Gasteiger partial charge on any atom is 0.270 e. The lowest BCUT2D eigenvalue weighted by atomic mass is 10.0. The van der Waals surface area contributed by atoms with Gasteiger partial charge in [0.15, 0.2) is 0 Å². The Hall–Kier alpha value is -2.40. The third kappa shape index (κ3) is 3.26. The van der Waals surface area contributed by atoms with Crippen LogP contribution >= 0.6 is 11.6 Å². The van der Waals surface area contributed by atoms with E-state index in [1.807, 2.05) is 13.0 Å². The van der Waals surface area contributed by atoms with Gasteiger partial charge in [0.05, 0.1) is 21.6 Å². The van der Waals surface area contributed by atoms with E-state index in [1.54, 1.807) is 0 Å². The summed E-state index contributed by atoms with van der Waals surface area (Å²) in [4.78, 5) is 22.6. The number of amides is 1. The van der Waals surface area contributed by atoms with Gasteiger partial charge in [0.25, 0.3) is 11.6 Å². The number of aryl methyl sites for hydroxylation is 2. The molecule has 0 bridgehead atoms. The molecule has 0 aliphatic heterocycles. The van der Waals surface area contributed by atoms with E-state index >= 15 is 0 Å². The number of benzene rings is 2. The Labute approximate surface area is 144 Å². The fourth-order valence-electron chi connectivity index (χ4n) is 3.02. The summed E-state index contributed by atoms with van der Waals surface area (Å²) >= 11 is 6.01. The van der Waals surface area contributed by atoms with Crippen LogP contribution in [0.25, 0.3) is 0 Å². The molecule has 0 saturated carbocycles. The predicted molar refractivity (Wildman–Crippen MR) is 92.5 cm³/mol. The first-order valence-electron chi connectivity index (χ1n) is 7.82. The second kappa shape index (κ2) is 6.61. The van der Waals surface area contributed by atoms with Crippen LogP contribution in [0.4, 0.5) is 5.69 Å². The third-order valence-corrected chi connectivity index (χ3v) is 4.69. The van der Waals surface area contributed by atoms with Crippen LogP contribution in [0.1, 0.15) is 46.4 Å². The molecule has 1 N–H and O–H groups in total. The van der Waals surface area contributed by atoms with Gasteiger partial charge in [-0.2, -0.15) is 0 Å². The molecule has 0 aromatic heterocycles. The summed E-state index contributed by atoms with van der Waals surface area (Å²) in [5.41, 5.74) is 3.87. The van der Waals surface area contributed by atoms with E-state index in [9.17, 15) is 14.9 Å². The second-order valence-corrected chi connectivity index (χ2v) is 6.41. The van der Waals surface area contributed by atoms with Gasteiger partial charge in [-0.15, -0.1) is 0 Å². The van der Waals surface area contributed by atoms with Crippen molar-refractivity contribution in [3.05, 3.63) is 73.8 Å². The SMILES string of the molecule is C[C@@H](NC(=O)c1ccc([N+](=O)[O-])cc1Cl)c1ccc2c(c1)CCC2. The number of nitro benzene ring substituents is 1. The summed E-state index contributed by atoms with van der Waals surface area (Å²) in [6.45, 7) is 1.91. The lowest BCUT2D eigenvalue weighted by Crippen LogP contribution is -2.27. The maximum atomic E-state index is 12.4. The molecule has 0 saturated heterocycles. The van der Waals surface area contributed by atoms with Crippen LogP contribution in [0.2, 0.25) is 5.02 Å². The number of carbonyl (C=O) groups excluding carboxylic acids is 1. The molecule has 0 unspecified atom stereocenters. The highest BCUT2D eigenvalue weighted by Gasteiger charge is 2.18. The Balaban J connectivity index is 1.75. The van der Waals surface area contributed by atoms with Gasteiger partial charge in [-0.3, -0.25) is 14.9 Å². The average Bonchev–Trinajstić information content (AvgIpc) is 3.01. The fourth-order valence-corrected chi connectivity index (χ4v) is 3.28. The van der Waals surface area contributed by atoms with E-state index in [1.165, 1.54) is 35.7 Å². The monoisotopic (exact) mass is 344 g/mol. The number of nitro groups is 1. The van der Waals surface area contributed by atoms with E-state index in [2.05, 4.69) is 17.4 Å². The van der Waals surface area contributed by atoms with Crippen molar-refractivity contribution in [3.8, 4) is 0 Å². The molecule has 1 amide bonds. The van der Waals surface area contributed by atoms with Crippen LogP contribution < -0.4 is 5.32 Å². The van der Waals surface area contributed by atoms with Crippen molar-refractivity contribution in [2.24, 2.45) is 0 Å². The van der Waals surface area contributed by atoms with Crippen molar-refractivity contribution in [1.29, 1.82) is 0 Å². The Morgan fingerprint density at radius 2 is 1.96 bits per heavy atom. The summed E-state index contributed by atoms with van der Waals surface area (Å²) < 4.78 is 0. The Kier molecular flexibility index (Phi) is 4.53. The van der Waals surface area contributed by atoms with Crippen molar-refractivity contribution in [1.82, 2.24) is 5.32 Å². The molecule has 0 spiro atoms. The summed E-state index contributed by atoms with van der Waals surface area (Å²) in [7, 11) is 0. The molecule has 0 radical (unpaired) electrons. The molecule has 5 nitrogen and oxygen atoms in total. The quantitative estimate of drug-likeness (QED) is 0.666. The van der Waals surface area contributed by atoms with Crippen LogP contribution in [0, 0.1) is 10.1 Å². The van der Waals surface area contributed by atoms with E-state index in [0.717, 1.165) is 18.4 Å². The van der Waals surface area contributed by atoms with Crippen LogP contribution in [-0.4, -0.2) is 10.8 Å². The van der Waals surface area contributed by atoms with Crippen molar-refractivity contribution < 1.29 is 9.72 Å². The van der Waals surface area contributed by atoms with Gasteiger partial charge < -0.3 is 5.32 Å². The predicted octanol–water partition coefficient (Wildman–Crippen LogP) is 4.23. The molecule has 3 rings (SSSR count). The lowest BCUT2D eigenvalue weighted by molar-refractivity contribution is -0.384. The van der Waals surface area contributed by atoms with Crippen molar-refractivity contribution in [2.75, 3.05) is 0 Å². The molecule has 1 aliphatic rings. The summed E-state index contributed by atoms with van der Waals surface area (Å²) in [5, 5.41) is 13.7. The van der Waals surface area contributed by atoms with E-state index in [-0.39, 0.29) is 28.2 Å². The minimum absolute atomic E-state index is 0.0721. The van der Waals surface area contributed by atoms with Gasteiger partial charge in [0.1, 0.15) is 0 Å². The largest absolute Gasteiger partial charge is 0.345 e. The normalized spacial score (nSPS) is 14.1. The number of hydrogen-bond acceptors (Lipinski definition) is 3. The summed E-state index contributed by atoms with van der Waals surface area (Å²) in [6.07, 6.45) is 3.38. The Bertz CT molecular complexity index is 820. The second-order valence-electron chi connectivity index (χ2n) is 6.00. The van der Waals surface area contributed by atoms with E-state index < -0.39 is 4.92 Å². The highest BCUT2D eigenvalue weighted by Crippen LogP contribution is 2.26. The highest BCUT2D eigenvalue weighted by molar-refractivity contribution is 6.34. The fraction of sp³-hybridized carbons (Fsp3) is 0.278. The van der Waals surface area contributed by atoms with Crippen LogP contribution in [0.3, 0.4) is 0 Å². The molecule has 2 aromatic rings. The number of halogens is 1. The smallest absolute Gasteiger partial charge is 0.270 e. The van der Waals surface area contributed by atoms with Crippen molar-refractivity contribution in [2.45, 2.75) is 32.2 Å². The molecular weight excluding hydrogens is 328 g/mol. The first-order valence-corrected chi connectivity index (χ1v) is 8.20. The van der Waals surface area contributed by atoms with Crippen LogP contribution in [-0.2, 0) is 12.8 Å². The minimum atomic E-state index is -0.541. The Morgan fingerprint density at radius 3 is 2.67 bits per heavy atom. The Morgan fingerprint density at radius 1 is 1.21 bits per heavy atom. The van der Waals surface area contributed by atoms with Crippen LogP contribution in [0.15, 0.2) is 36.4 Å². The lowest BCUT2D eigenvalue weighted by Gasteiger charge is -2.16. The van der Waals surface area contributed by atoms with Gasteiger partial charge in [-0.25, -0.2) is 0 Å². The molecular formula is C18H17ClN2O3. The molecule has 6 heteroatoms. The zero-order chi connectivity index (χ0) is 17.3. The first kappa shape index (κ1) is 16.5. The first-order chi connectivity index (χ1) is 11.5. The minimum Gasteiger partial charge on any atom is -0.345 e. The standard InChI is InChI=1S/C18H17ClN2O3/c1-11(13-6-5-12-3-2-4-14(12)9-13)20-18(22)16-8-7-15(21(23)24)10-17(16)19/h5-11H,2-4H2,1H3,(H,20,22)/t11-/m1/s1. The van der Waals surface area contributed by atoms with Gasteiger partial charge >= 0.3 is 0 Å². The zero-order valence-electron chi connectivity index (χ0n) is 13.2. The molecule has 124 valence electrons. The average molecular weight is 345 g/mol. The maximum absolute atomic E-state index is 12.4. The molecule has 0 heterocycles. The van der Waals surface area contributed by atoms with Gasteiger partial charge in [0.2, 0.25) is 0 Å². The van der Waals surface area contributed by atoms with E-state index in [4.69, 9.17) is 11.6 Å². The number of non-ortho nitro benzene ring substituents is 1. The number of hydrogen-bond donors (Lipinski definition) is 1. The summed E-state index contributed by atoms with van der Waals surface area (Å²) in [5.74, 6) is -0.345. The third-order valence-electron chi connectivity index (χ3n) is 4.38. The highest BCUT2D eigenvalue weighted by atomic mass is 35.5. The number of carbonyl (C=O) groups is 1. The van der Waals surface area contributed by atoms with Crippen molar-refractivity contribution in [3.63, 3.8) is 0 Å². The number of rotatable bonds is 4. The molecule has 24 heavy (non-hydrogen) atoms. The molecule has 2 aromatic carbocycles. The molecule has 1 atom stereocenters. The molecule has 1 aliphatic carbocycles. The van der Waals surface area contributed by atoms with Gasteiger partial charge in [0, 0.05) is 12.1 Å². The van der Waals surface area contributed by atoms with E-state index in [0.29, 0.717) is 0 Å². The zero-order valence-corrected chi connectivity index (χ0v) is 14.0. The number of fused-ring (bicyclic) bond motifs is 1. The van der Waals surface area contributed by atoms with Gasteiger partial charge in [-0.05, 0) is 48.9 Å². The van der Waals surface area contributed by atoms with Crippen molar-refractivity contribution >= 4 is 23.2 Å². The van der Waals surface area contributed by atoms with Gasteiger partial charge in [-0.1, -0.05) is 29.8 Å². The topological polar surface area (TPSA) is 72.2 Å². The molecule has 0 fully saturated rings. The van der Waals surface area contributed by atoms with Crippen LogP contribution in [0.5, 0.6) is 0 Å². The number of nitrogens with zero attached hydrogens (tertiary/aromatic N) is 1. The number of nitrogens with one attached hydrogen (secondary N) is 1.